The van der Waals surface area contributed by atoms with Crippen molar-refractivity contribution < 1.29 is 19.1 Å². The number of hydrogen-bond acceptors (Lipinski definition) is 4. The van der Waals surface area contributed by atoms with Gasteiger partial charge in [0.1, 0.15) is 5.54 Å². The molecule has 5 nitrogen and oxygen atoms in total. The molecule has 5 heteroatoms. The van der Waals surface area contributed by atoms with E-state index in [0.29, 0.717) is 6.42 Å². The van der Waals surface area contributed by atoms with E-state index in [0.717, 1.165) is 5.56 Å². The molecule has 1 rings (SSSR count). The topological polar surface area (TPSA) is 64.6 Å². The molecule has 0 aliphatic rings. The third kappa shape index (κ3) is 3.48. The highest BCUT2D eigenvalue weighted by Crippen LogP contribution is 2.15. The summed E-state index contributed by atoms with van der Waals surface area (Å²) in [5.41, 5.74) is -0.231. The summed E-state index contributed by atoms with van der Waals surface area (Å²) in [6.07, 6.45) is -0.339. The van der Waals surface area contributed by atoms with E-state index in [-0.39, 0.29) is 0 Å². The fraction of sp³-hybridized carbons (Fsp3) is 0.385. The summed E-state index contributed by atoms with van der Waals surface area (Å²) in [5.74, 6) is -0.517. The minimum absolute atomic E-state index is 0.329. The van der Waals surface area contributed by atoms with Crippen LogP contribution in [0.3, 0.4) is 0 Å². The highest BCUT2D eigenvalue weighted by Gasteiger charge is 2.36. The first-order chi connectivity index (χ1) is 8.51. The lowest BCUT2D eigenvalue weighted by atomic mass is 9.93. The highest BCUT2D eigenvalue weighted by atomic mass is 16.5. The lowest BCUT2D eigenvalue weighted by molar-refractivity contribution is -0.147. The van der Waals surface area contributed by atoms with E-state index in [1.54, 1.807) is 6.92 Å². The lowest BCUT2D eigenvalue weighted by Gasteiger charge is -2.27. The second-order valence-corrected chi connectivity index (χ2v) is 4.10. The Hall–Kier alpha value is -2.04. The Morgan fingerprint density at radius 1 is 1.17 bits per heavy atom. The molecular formula is C13H17NO4. The normalized spacial score (nSPS) is 13.3. The number of carbonyl (C=O) groups is 2. The van der Waals surface area contributed by atoms with Gasteiger partial charge < -0.3 is 14.8 Å². The average Bonchev–Trinajstić information content (AvgIpc) is 2.38. The van der Waals surface area contributed by atoms with Crippen LogP contribution in [0.2, 0.25) is 0 Å². The van der Waals surface area contributed by atoms with Gasteiger partial charge in [-0.25, -0.2) is 9.59 Å². The Bertz CT molecular complexity index is 418. The fourth-order valence-electron chi connectivity index (χ4n) is 1.67. The lowest BCUT2D eigenvalue weighted by Crippen LogP contribution is -2.54. The van der Waals surface area contributed by atoms with Crippen LogP contribution in [-0.4, -0.2) is 31.8 Å². The van der Waals surface area contributed by atoms with Gasteiger partial charge in [0.05, 0.1) is 14.2 Å². The van der Waals surface area contributed by atoms with E-state index in [4.69, 9.17) is 4.74 Å². The maximum absolute atomic E-state index is 11.8. The van der Waals surface area contributed by atoms with Gasteiger partial charge in [-0.3, -0.25) is 0 Å². The van der Waals surface area contributed by atoms with Gasteiger partial charge in [0.15, 0.2) is 0 Å². The number of carbonyl (C=O) groups excluding carboxylic acids is 2. The molecular weight excluding hydrogens is 234 g/mol. The monoisotopic (exact) mass is 251 g/mol. The number of alkyl carbamates (subject to hydrolysis) is 1. The van der Waals surface area contributed by atoms with Crippen molar-refractivity contribution in [2.75, 3.05) is 14.2 Å². The molecule has 0 saturated carbocycles. The van der Waals surface area contributed by atoms with E-state index in [9.17, 15) is 9.59 Å². The van der Waals surface area contributed by atoms with Crippen molar-refractivity contribution in [1.29, 1.82) is 0 Å². The Morgan fingerprint density at radius 2 is 1.78 bits per heavy atom. The van der Waals surface area contributed by atoms with Crippen molar-refractivity contribution in [3.8, 4) is 0 Å². The van der Waals surface area contributed by atoms with Crippen LogP contribution in [0.15, 0.2) is 30.3 Å². The third-order valence-corrected chi connectivity index (χ3v) is 2.60. The summed E-state index contributed by atoms with van der Waals surface area (Å²) >= 11 is 0. The van der Waals surface area contributed by atoms with E-state index >= 15 is 0 Å². The summed E-state index contributed by atoms with van der Waals surface area (Å²) in [6.45, 7) is 1.60. The number of nitrogens with one attached hydrogen (secondary N) is 1. The summed E-state index contributed by atoms with van der Waals surface area (Å²) in [6, 6.07) is 9.36. The van der Waals surface area contributed by atoms with Crippen molar-refractivity contribution in [2.45, 2.75) is 18.9 Å². The zero-order valence-corrected chi connectivity index (χ0v) is 10.7. The molecule has 0 bridgehead atoms. The molecule has 0 aliphatic heterocycles. The molecule has 0 fully saturated rings. The molecule has 0 aromatic heterocycles. The number of methoxy groups -OCH3 is 2. The van der Waals surface area contributed by atoms with Gasteiger partial charge in [-0.2, -0.15) is 0 Å². The Kier molecular flexibility index (Phi) is 4.71. The predicted octanol–water partition coefficient (Wildman–Crippen LogP) is 1.52. The van der Waals surface area contributed by atoms with E-state index in [1.807, 2.05) is 30.3 Å². The van der Waals surface area contributed by atoms with Crippen molar-refractivity contribution in [1.82, 2.24) is 5.32 Å². The highest BCUT2D eigenvalue weighted by molar-refractivity contribution is 5.85. The van der Waals surface area contributed by atoms with Crippen LogP contribution >= 0.6 is 0 Å². The van der Waals surface area contributed by atoms with Crippen LogP contribution < -0.4 is 5.32 Å². The van der Waals surface area contributed by atoms with Gasteiger partial charge in [-0.15, -0.1) is 0 Å². The zero-order valence-electron chi connectivity index (χ0n) is 10.7. The molecule has 0 aliphatic carbocycles. The van der Waals surface area contributed by atoms with Gasteiger partial charge in [0.25, 0.3) is 0 Å². The van der Waals surface area contributed by atoms with Gasteiger partial charge in [0, 0.05) is 6.42 Å². The smallest absolute Gasteiger partial charge is 0.407 e. The number of amides is 1. The van der Waals surface area contributed by atoms with Crippen LogP contribution in [0.4, 0.5) is 4.79 Å². The Labute approximate surface area is 106 Å². The van der Waals surface area contributed by atoms with Crippen molar-refractivity contribution >= 4 is 12.1 Å². The Morgan fingerprint density at radius 3 is 2.28 bits per heavy atom. The molecule has 0 saturated heterocycles. The molecule has 18 heavy (non-hydrogen) atoms. The molecule has 1 aromatic rings. The van der Waals surface area contributed by atoms with E-state index in [1.165, 1.54) is 14.2 Å². The van der Waals surface area contributed by atoms with Crippen LogP contribution in [0, 0.1) is 0 Å². The Balaban J connectivity index is 2.91. The number of ether oxygens (including phenoxy) is 2. The van der Waals surface area contributed by atoms with Gasteiger partial charge in [-0.05, 0) is 12.5 Å². The molecule has 0 heterocycles. The number of esters is 1. The van der Waals surface area contributed by atoms with Crippen LogP contribution in [0.5, 0.6) is 0 Å². The molecule has 0 unspecified atom stereocenters. The van der Waals surface area contributed by atoms with Crippen molar-refractivity contribution in [3.63, 3.8) is 0 Å². The third-order valence-electron chi connectivity index (χ3n) is 2.60. The summed E-state index contributed by atoms with van der Waals surface area (Å²) in [5, 5.41) is 2.51. The first kappa shape index (κ1) is 14.0. The molecule has 1 amide bonds. The minimum atomic E-state index is -1.15. The first-order valence-corrected chi connectivity index (χ1v) is 5.50. The number of hydrogen-bond donors (Lipinski definition) is 1. The quantitative estimate of drug-likeness (QED) is 0.824. The van der Waals surface area contributed by atoms with Crippen LogP contribution in [-0.2, 0) is 20.7 Å². The summed E-state index contributed by atoms with van der Waals surface area (Å²) in [7, 11) is 2.53. The summed E-state index contributed by atoms with van der Waals surface area (Å²) in [4.78, 5) is 23.1. The SMILES string of the molecule is COC(=O)N[C@](C)(Cc1ccccc1)C(=O)OC. The minimum Gasteiger partial charge on any atom is -0.467 e. The molecule has 1 N–H and O–H groups in total. The van der Waals surface area contributed by atoms with E-state index < -0.39 is 17.6 Å². The molecule has 1 aromatic carbocycles. The summed E-state index contributed by atoms with van der Waals surface area (Å²) < 4.78 is 9.24. The number of rotatable bonds is 4. The van der Waals surface area contributed by atoms with Crippen LogP contribution in [0.25, 0.3) is 0 Å². The molecule has 0 radical (unpaired) electrons. The van der Waals surface area contributed by atoms with Gasteiger partial charge >= 0.3 is 12.1 Å². The van der Waals surface area contributed by atoms with Gasteiger partial charge in [0.2, 0.25) is 0 Å². The second-order valence-electron chi connectivity index (χ2n) is 4.10. The van der Waals surface area contributed by atoms with Gasteiger partial charge in [-0.1, -0.05) is 30.3 Å². The van der Waals surface area contributed by atoms with Crippen molar-refractivity contribution in [3.05, 3.63) is 35.9 Å². The largest absolute Gasteiger partial charge is 0.467 e. The van der Waals surface area contributed by atoms with Crippen molar-refractivity contribution in [2.24, 2.45) is 0 Å². The molecule has 1 atom stereocenters. The predicted molar refractivity (Wildman–Crippen MR) is 66.1 cm³/mol. The number of benzene rings is 1. The molecule has 0 spiro atoms. The van der Waals surface area contributed by atoms with E-state index in [2.05, 4.69) is 10.1 Å². The standard InChI is InChI=1S/C13H17NO4/c1-13(11(15)17-2,14-12(16)18-3)9-10-7-5-4-6-8-10/h4-8H,9H2,1-3H3,(H,14,16)/t13-/m1/s1. The molecule has 98 valence electrons. The second kappa shape index (κ2) is 6.05. The zero-order chi connectivity index (χ0) is 13.6. The maximum atomic E-state index is 11.8. The fourth-order valence-corrected chi connectivity index (χ4v) is 1.67. The maximum Gasteiger partial charge on any atom is 0.407 e. The first-order valence-electron chi connectivity index (χ1n) is 5.50. The van der Waals surface area contributed by atoms with Crippen LogP contribution in [0.1, 0.15) is 12.5 Å². The average molecular weight is 251 g/mol.